The van der Waals surface area contributed by atoms with Gasteiger partial charge >= 0.3 is 5.97 Å². The van der Waals surface area contributed by atoms with Gasteiger partial charge in [0.2, 0.25) is 11.9 Å². The van der Waals surface area contributed by atoms with Crippen LogP contribution in [0.4, 0.5) is 5.95 Å². The van der Waals surface area contributed by atoms with Gasteiger partial charge in [0.05, 0.1) is 12.5 Å². The molecule has 2 unspecified atom stereocenters. The summed E-state index contributed by atoms with van der Waals surface area (Å²) in [4.78, 5) is 30.1. The highest BCUT2D eigenvalue weighted by molar-refractivity contribution is 5.90. The summed E-state index contributed by atoms with van der Waals surface area (Å²) in [6, 6.07) is 1.82. The number of carboxylic acids is 1. The van der Waals surface area contributed by atoms with Crippen LogP contribution in [-0.2, 0) is 9.59 Å². The van der Waals surface area contributed by atoms with Crippen molar-refractivity contribution in [3.8, 4) is 0 Å². The molecule has 0 aromatic carbocycles. The van der Waals surface area contributed by atoms with Crippen molar-refractivity contribution in [1.29, 1.82) is 0 Å². The lowest BCUT2D eigenvalue weighted by Crippen LogP contribution is -2.34. The van der Waals surface area contributed by atoms with E-state index in [1.54, 1.807) is 25.4 Å². The predicted octanol–water partition coefficient (Wildman–Crippen LogP) is 1.28. The van der Waals surface area contributed by atoms with Gasteiger partial charge in [0.25, 0.3) is 0 Å². The predicted molar refractivity (Wildman–Crippen MR) is 78.8 cm³/mol. The highest BCUT2D eigenvalue weighted by Crippen LogP contribution is 2.09. The molecule has 2 atom stereocenters. The van der Waals surface area contributed by atoms with E-state index in [1.165, 1.54) is 0 Å². The van der Waals surface area contributed by atoms with E-state index in [0.717, 1.165) is 12.8 Å². The Balaban J connectivity index is 2.16. The number of hydrogen-bond acceptors (Lipinski definition) is 5. The van der Waals surface area contributed by atoms with Crippen LogP contribution in [0.15, 0.2) is 18.5 Å². The molecule has 0 aliphatic rings. The van der Waals surface area contributed by atoms with Crippen molar-refractivity contribution >= 4 is 17.8 Å². The topological polar surface area (TPSA) is 104 Å². The number of amides is 1. The maximum Gasteiger partial charge on any atom is 0.306 e. The Morgan fingerprint density at radius 3 is 2.52 bits per heavy atom. The van der Waals surface area contributed by atoms with E-state index in [4.69, 9.17) is 5.11 Å². The third-order valence-corrected chi connectivity index (χ3v) is 3.12. The molecule has 7 heteroatoms. The van der Waals surface area contributed by atoms with Crippen LogP contribution < -0.4 is 10.6 Å². The Kier molecular flexibility index (Phi) is 7.31. The van der Waals surface area contributed by atoms with Crippen molar-refractivity contribution in [3.05, 3.63) is 18.5 Å². The fourth-order valence-electron chi connectivity index (χ4n) is 1.76. The smallest absolute Gasteiger partial charge is 0.306 e. The van der Waals surface area contributed by atoms with Gasteiger partial charge in [-0.15, -0.1) is 0 Å². The normalized spacial score (nSPS) is 13.4. The molecular weight excluding hydrogens is 272 g/mol. The summed E-state index contributed by atoms with van der Waals surface area (Å²) in [5.74, 6) is -1.01. The van der Waals surface area contributed by atoms with E-state index >= 15 is 0 Å². The minimum Gasteiger partial charge on any atom is -0.481 e. The number of rotatable bonds is 9. The van der Waals surface area contributed by atoms with Crippen LogP contribution >= 0.6 is 0 Å². The van der Waals surface area contributed by atoms with Gasteiger partial charge in [-0.25, -0.2) is 9.97 Å². The van der Waals surface area contributed by atoms with Crippen molar-refractivity contribution in [3.63, 3.8) is 0 Å². The summed E-state index contributed by atoms with van der Waals surface area (Å²) < 4.78 is 0. The molecule has 1 aromatic rings. The Morgan fingerprint density at radius 1 is 1.24 bits per heavy atom. The average molecular weight is 294 g/mol. The summed E-state index contributed by atoms with van der Waals surface area (Å²) in [5, 5.41) is 14.5. The SMILES string of the molecule is CC(CCCC(C)C(=O)O)NCC(=O)Nc1ncccn1. The van der Waals surface area contributed by atoms with Crippen molar-refractivity contribution < 1.29 is 14.7 Å². The van der Waals surface area contributed by atoms with Gasteiger partial charge in [-0.2, -0.15) is 0 Å². The number of nitrogens with zero attached hydrogens (tertiary/aromatic N) is 2. The molecule has 0 aliphatic carbocycles. The van der Waals surface area contributed by atoms with Gasteiger partial charge in [0, 0.05) is 18.4 Å². The van der Waals surface area contributed by atoms with Crippen LogP contribution in [0.25, 0.3) is 0 Å². The quantitative estimate of drug-likeness (QED) is 0.634. The van der Waals surface area contributed by atoms with Crippen LogP contribution in [0.3, 0.4) is 0 Å². The zero-order valence-corrected chi connectivity index (χ0v) is 12.4. The summed E-state index contributed by atoms with van der Waals surface area (Å²) in [7, 11) is 0. The maximum absolute atomic E-state index is 11.7. The molecule has 0 radical (unpaired) electrons. The number of carboxylic acid groups (broad SMARTS) is 1. The van der Waals surface area contributed by atoms with Gasteiger partial charge in [0.1, 0.15) is 0 Å². The lowest BCUT2D eigenvalue weighted by atomic mass is 10.0. The fourth-order valence-corrected chi connectivity index (χ4v) is 1.76. The molecule has 7 nitrogen and oxygen atoms in total. The first-order valence-corrected chi connectivity index (χ1v) is 7.02. The molecule has 0 spiro atoms. The first kappa shape index (κ1) is 17.0. The highest BCUT2D eigenvalue weighted by Gasteiger charge is 2.12. The van der Waals surface area contributed by atoms with E-state index in [-0.39, 0.29) is 30.4 Å². The zero-order chi connectivity index (χ0) is 15.7. The third kappa shape index (κ3) is 7.36. The second-order valence-electron chi connectivity index (χ2n) is 5.07. The van der Waals surface area contributed by atoms with Gasteiger partial charge in [0.15, 0.2) is 0 Å². The molecule has 0 saturated heterocycles. The Labute approximate surface area is 124 Å². The lowest BCUT2D eigenvalue weighted by molar-refractivity contribution is -0.141. The zero-order valence-electron chi connectivity index (χ0n) is 12.4. The summed E-state index contributed by atoms with van der Waals surface area (Å²) in [6.45, 7) is 3.85. The molecule has 0 aliphatic heterocycles. The molecule has 0 bridgehead atoms. The standard InChI is InChI=1S/C14H22N4O3/c1-10(13(20)21)5-3-6-11(2)17-9-12(19)18-14-15-7-4-8-16-14/h4,7-8,10-11,17H,3,5-6,9H2,1-2H3,(H,20,21)(H,15,16,18,19). The lowest BCUT2D eigenvalue weighted by Gasteiger charge is -2.14. The molecule has 116 valence electrons. The highest BCUT2D eigenvalue weighted by atomic mass is 16.4. The molecular formula is C14H22N4O3. The first-order valence-electron chi connectivity index (χ1n) is 7.02. The van der Waals surface area contributed by atoms with Gasteiger partial charge in [-0.05, 0) is 25.8 Å². The van der Waals surface area contributed by atoms with Crippen molar-refractivity contribution in [2.45, 2.75) is 39.2 Å². The monoisotopic (exact) mass is 294 g/mol. The van der Waals surface area contributed by atoms with Crippen LogP contribution in [-0.4, -0.2) is 39.5 Å². The van der Waals surface area contributed by atoms with Crippen LogP contribution in [0.5, 0.6) is 0 Å². The second-order valence-corrected chi connectivity index (χ2v) is 5.07. The van der Waals surface area contributed by atoms with Crippen molar-refractivity contribution in [2.24, 2.45) is 5.92 Å². The van der Waals surface area contributed by atoms with Crippen molar-refractivity contribution in [2.75, 3.05) is 11.9 Å². The van der Waals surface area contributed by atoms with E-state index < -0.39 is 5.97 Å². The average Bonchev–Trinajstić information content (AvgIpc) is 2.46. The van der Waals surface area contributed by atoms with Crippen LogP contribution in [0, 0.1) is 5.92 Å². The van der Waals surface area contributed by atoms with Crippen molar-refractivity contribution in [1.82, 2.24) is 15.3 Å². The first-order chi connectivity index (χ1) is 9.99. The van der Waals surface area contributed by atoms with Crippen LogP contribution in [0.2, 0.25) is 0 Å². The molecule has 1 amide bonds. The summed E-state index contributed by atoms with van der Waals surface area (Å²) in [5.41, 5.74) is 0. The molecule has 21 heavy (non-hydrogen) atoms. The van der Waals surface area contributed by atoms with Gasteiger partial charge in [-0.1, -0.05) is 13.3 Å². The molecule has 1 heterocycles. The molecule has 3 N–H and O–H groups in total. The molecule has 0 fully saturated rings. The minimum atomic E-state index is -0.766. The van der Waals surface area contributed by atoms with Gasteiger partial charge in [-0.3, -0.25) is 14.9 Å². The van der Waals surface area contributed by atoms with Crippen LogP contribution in [0.1, 0.15) is 33.1 Å². The largest absolute Gasteiger partial charge is 0.481 e. The van der Waals surface area contributed by atoms with Gasteiger partial charge < -0.3 is 10.4 Å². The Hall–Kier alpha value is -2.02. The minimum absolute atomic E-state index is 0.147. The molecule has 0 saturated carbocycles. The van der Waals surface area contributed by atoms with E-state index in [0.29, 0.717) is 6.42 Å². The number of hydrogen-bond donors (Lipinski definition) is 3. The number of carbonyl (C=O) groups excluding carboxylic acids is 1. The van der Waals surface area contributed by atoms with E-state index in [2.05, 4.69) is 20.6 Å². The number of aromatic nitrogens is 2. The fraction of sp³-hybridized carbons (Fsp3) is 0.571. The maximum atomic E-state index is 11.7. The second kappa shape index (κ2) is 9.02. The summed E-state index contributed by atoms with van der Waals surface area (Å²) >= 11 is 0. The summed E-state index contributed by atoms with van der Waals surface area (Å²) in [6.07, 6.45) is 5.40. The molecule has 1 aromatic heterocycles. The number of nitrogens with one attached hydrogen (secondary N) is 2. The third-order valence-electron chi connectivity index (χ3n) is 3.12. The Bertz CT molecular complexity index is 453. The van der Waals surface area contributed by atoms with E-state index in [9.17, 15) is 9.59 Å². The molecule has 1 rings (SSSR count). The van der Waals surface area contributed by atoms with E-state index in [1.807, 2.05) is 6.92 Å². The number of anilines is 1. The Morgan fingerprint density at radius 2 is 1.90 bits per heavy atom. The number of carbonyl (C=O) groups is 2. The number of aliphatic carboxylic acids is 1.